The van der Waals surface area contributed by atoms with E-state index in [-0.39, 0.29) is 12.4 Å². The number of fused-ring (bicyclic) bond motifs is 3. The van der Waals surface area contributed by atoms with Crippen molar-refractivity contribution in [3.63, 3.8) is 0 Å². The first-order chi connectivity index (χ1) is 12.8. The summed E-state index contributed by atoms with van der Waals surface area (Å²) in [5.41, 5.74) is 4.69. The van der Waals surface area contributed by atoms with Gasteiger partial charge in [-0.1, -0.05) is 12.1 Å². The minimum Gasteiger partial charge on any atom is -0.432 e. The van der Waals surface area contributed by atoms with Crippen LogP contribution in [0.2, 0.25) is 0 Å². The number of hydrogen-bond acceptors (Lipinski definition) is 7. The molecule has 7 nitrogen and oxygen atoms in total. The van der Waals surface area contributed by atoms with Crippen molar-refractivity contribution in [2.24, 2.45) is 0 Å². The Morgan fingerprint density at radius 3 is 2.50 bits per heavy atom. The highest BCUT2D eigenvalue weighted by Gasteiger charge is 2.16. The number of nitrogens with zero attached hydrogens (tertiary/aromatic N) is 3. The number of furan rings is 1. The summed E-state index contributed by atoms with van der Waals surface area (Å²) in [5.74, 6) is 0.572. The molecule has 1 N–H and O–H groups in total. The molecule has 0 saturated carbocycles. The summed E-state index contributed by atoms with van der Waals surface area (Å²) in [6, 6.07) is 8.74. The van der Waals surface area contributed by atoms with Gasteiger partial charge in [0.25, 0.3) is 0 Å². The van der Waals surface area contributed by atoms with Crippen molar-refractivity contribution in [2.45, 2.75) is 25.3 Å². The summed E-state index contributed by atoms with van der Waals surface area (Å²) >= 11 is 0. The van der Waals surface area contributed by atoms with Crippen LogP contribution in [-0.4, -0.2) is 29.6 Å². The highest BCUT2D eigenvalue weighted by molar-refractivity contribution is 7.90. The molecule has 0 radical (unpaired) electrons. The lowest BCUT2D eigenvalue weighted by atomic mass is 10.1. The van der Waals surface area contributed by atoms with Crippen LogP contribution in [0.15, 0.2) is 46.0 Å². The SMILES string of the molecule is Cc1cc(C)c2c(n1)oc1c(NCc3ccc(S(C)(=O)=O)cc3)ncnc12.Cl. The van der Waals surface area contributed by atoms with Gasteiger partial charge in [0.15, 0.2) is 21.2 Å². The van der Waals surface area contributed by atoms with Crippen LogP contribution in [-0.2, 0) is 16.4 Å². The normalized spacial score (nSPS) is 11.5. The molecule has 9 heteroatoms. The fraction of sp³-hybridized carbons (Fsp3) is 0.211. The second-order valence-corrected chi connectivity index (χ2v) is 8.55. The Morgan fingerprint density at radius 2 is 1.82 bits per heavy atom. The molecule has 0 unspecified atom stereocenters. The van der Waals surface area contributed by atoms with E-state index in [0.29, 0.717) is 28.6 Å². The van der Waals surface area contributed by atoms with Gasteiger partial charge >= 0.3 is 0 Å². The van der Waals surface area contributed by atoms with E-state index in [1.165, 1.54) is 12.6 Å². The van der Waals surface area contributed by atoms with E-state index in [0.717, 1.165) is 27.7 Å². The van der Waals surface area contributed by atoms with Crippen molar-refractivity contribution in [3.8, 4) is 0 Å². The number of aromatic nitrogens is 3. The lowest BCUT2D eigenvalue weighted by molar-refractivity contribution is 0.602. The largest absolute Gasteiger partial charge is 0.432 e. The molecule has 0 bridgehead atoms. The molecule has 28 heavy (non-hydrogen) atoms. The maximum Gasteiger partial charge on any atom is 0.229 e. The van der Waals surface area contributed by atoms with Crippen LogP contribution in [0.1, 0.15) is 16.8 Å². The van der Waals surface area contributed by atoms with E-state index in [1.54, 1.807) is 24.3 Å². The molecule has 4 rings (SSSR count). The van der Waals surface area contributed by atoms with E-state index in [1.807, 2.05) is 19.9 Å². The van der Waals surface area contributed by atoms with E-state index in [2.05, 4.69) is 20.3 Å². The van der Waals surface area contributed by atoms with E-state index < -0.39 is 9.84 Å². The standard InChI is InChI=1S/C19H18N4O3S.ClH/c1-11-8-12(2)23-19-15(11)16-17(26-19)18(22-10-21-16)20-9-13-4-6-14(7-5-13)27(3,24)25;/h4-8,10H,9H2,1-3H3,(H,20,21,22);1H. The Hall–Kier alpha value is -2.71. The molecule has 0 aliphatic rings. The number of hydrogen-bond donors (Lipinski definition) is 1. The van der Waals surface area contributed by atoms with Crippen LogP contribution in [0.3, 0.4) is 0 Å². The molecule has 1 aromatic carbocycles. The number of anilines is 1. The zero-order chi connectivity index (χ0) is 19.2. The highest BCUT2D eigenvalue weighted by Crippen LogP contribution is 2.32. The summed E-state index contributed by atoms with van der Waals surface area (Å²) in [4.78, 5) is 13.4. The van der Waals surface area contributed by atoms with Crippen molar-refractivity contribution in [1.29, 1.82) is 0 Å². The van der Waals surface area contributed by atoms with Gasteiger partial charge in [-0.15, -0.1) is 12.4 Å². The topological polar surface area (TPSA) is 98.0 Å². The average Bonchev–Trinajstić information content (AvgIpc) is 2.98. The van der Waals surface area contributed by atoms with Gasteiger partial charge in [-0.05, 0) is 43.2 Å². The number of nitrogens with one attached hydrogen (secondary N) is 1. The third kappa shape index (κ3) is 3.65. The molecule has 0 saturated heterocycles. The molecular weight excluding hydrogens is 400 g/mol. The summed E-state index contributed by atoms with van der Waals surface area (Å²) in [7, 11) is -3.20. The minimum absolute atomic E-state index is 0. The monoisotopic (exact) mass is 418 g/mol. The second kappa shape index (κ2) is 7.37. The van der Waals surface area contributed by atoms with Gasteiger partial charge in [-0.25, -0.2) is 23.4 Å². The molecule has 0 aliphatic carbocycles. The third-order valence-corrected chi connectivity index (χ3v) is 5.49. The Morgan fingerprint density at radius 1 is 1.11 bits per heavy atom. The number of halogens is 1. The summed E-state index contributed by atoms with van der Waals surface area (Å²) in [6.07, 6.45) is 2.68. The molecule has 0 atom stereocenters. The first kappa shape index (κ1) is 20.0. The fourth-order valence-electron chi connectivity index (χ4n) is 3.08. The molecule has 3 heterocycles. The number of rotatable bonds is 4. The predicted molar refractivity (Wildman–Crippen MR) is 111 cm³/mol. The number of benzene rings is 1. The van der Waals surface area contributed by atoms with E-state index in [9.17, 15) is 8.42 Å². The first-order valence-corrected chi connectivity index (χ1v) is 10.3. The van der Waals surface area contributed by atoms with Crippen molar-refractivity contribution in [2.75, 3.05) is 11.6 Å². The molecule has 3 aromatic heterocycles. The molecule has 0 amide bonds. The Kier molecular flexibility index (Phi) is 5.27. The Balaban J connectivity index is 0.00000225. The maximum atomic E-state index is 11.6. The number of sulfone groups is 1. The van der Waals surface area contributed by atoms with E-state index >= 15 is 0 Å². The average molecular weight is 419 g/mol. The Bertz CT molecular complexity index is 1270. The molecule has 0 spiro atoms. The van der Waals surface area contributed by atoms with Crippen LogP contribution < -0.4 is 5.32 Å². The lowest BCUT2D eigenvalue weighted by Gasteiger charge is -2.06. The van der Waals surface area contributed by atoms with Crippen molar-refractivity contribution >= 4 is 50.3 Å². The number of pyridine rings is 1. The predicted octanol–water partition coefficient (Wildman–Crippen LogP) is 3.83. The van der Waals surface area contributed by atoms with Crippen LogP contribution >= 0.6 is 12.4 Å². The van der Waals surface area contributed by atoms with Gasteiger partial charge in [-0.2, -0.15) is 0 Å². The van der Waals surface area contributed by atoms with Gasteiger partial charge in [-0.3, -0.25) is 0 Å². The van der Waals surface area contributed by atoms with Crippen LogP contribution in [0.4, 0.5) is 5.82 Å². The minimum atomic E-state index is -3.20. The second-order valence-electron chi connectivity index (χ2n) is 6.53. The van der Waals surface area contributed by atoms with Crippen molar-refractivity contribution < 1.29 is 12.8 Å². The molecule has 146 valence electrons. The third-order valence-electron chi connectivity index (χ3n) is 4.36. The molecule has 0 fully saturated rings. The quantitative estimate of drug-likeness (QED) is 0.537. The summed E-state index contributed by atoms with van der Waals surface area (Å²) in [6.45, 7) is 4.40. The number of aryl methyl sites for hydroxylation is 2. The maximum absolute atomic E-state index is 11.6. The van der Waals surface area contributed by atoms with E-state index in [4.69, 9.17) is 4.42 Å². The smallest absolute Gasteiger partial charge is 0.229 e. The summed E-state index contributed by atoms with van der Waals surface area (Å²) < 4.78 is 29.0. The van der Waals surface area contributed by atoms with Gasteiger partial charge in [0.05, 0.1) is 10.3 Å². The zero-order valence-corrected chi connectivity index (χ0v) is 17.2. The van der Waals surface area contributed by atoms with Crippen molar-refractivity contribution in [3.05, 3.63) is 53.5 Å². The van der Waals surface area contributed by atoms with Gasteiger partial charge < -0.3 is 9.73 Å². The first-order valence-electron chi connectivity index (χ1n) is 8.37. The van der Waals surface area contributed by atoms with Gasteiger partial charge in [0.1, 0.15) is 11.8 Å². The van der Waals surface area contributed by atoms with Crippen LogP contribution in [0, 0.1) is 13.8 Å². The van der Waals surface area contributed by atoms with Gasteiger partial charge in [0.2, 0.25) is 5.71 Å². The fourth-order valence-corrected chi connectivity index (χ4v) is 3.71. The molecule has 4 aromatic rings. The lowest BCUT2D eigenvalue weighted by Crippen LogP contribution is -2.03. The zero-order valence-electron chi connectivity index (χ0n) is 15.6. The molecule has 0 aliphatic heterocycles. The Labute approximate surface area is 168 Å². The van der Waals surface area contributed by atoms with Gasteiger partial charge in [0, 0.05) is 18.5 Å². The van der Waals surface area contributed by atoms with Crippen LogP contribution in [0.25, 0.3) is 22.2 Å². The van der Waals surface area contributed by atoms with Crippen molar-refractivity contribution in [1.82, 2.24) is 15.0 Å². The highest BCUT2D eigenvalue weighted by atomic mass is 35.5. The summed E-state index contributed by atoms with van der Waals surface area (Å²) in [5, 5.41) is 4.12. The van der Waals surface area contributed by atoms with Crippen LogP contribution in [0.5, 0.6) is 0 Å². The molecular formula is C19H19ClN4O3S.